The Morgan fingerprint density at radius 3 is 2.63 bits per heavy atom. The van der Waals surface area contributed by atoms with Crippen LogP contribution in [0.5, 0.6) is 0 Å². The molecule has 3 atom stereocenters. The normalized spacial score (nSPS) is 20.4. The molecule has 1 unspecified atom stereocenters. The topological polar surface area (TPSA) is 127 Å². The summed E-state index contributed by atoms with van der Waals surface area (Å²) in [5.74, 6) is -1.45. The van der Waals surface area contributed by atoms with Gasteiger partial charge < -0.3 is 25.2 Å². The first-order valence-electron chi connectivity index (χ1n) is 11.6. The zero-order valence-electron chi connectivity index (χ0n) is 20.8. The molecular formula is C26H33N3O6. The number of ether oxygens (including phenoxy) is 2. The molecule has 3 N–H and O–H groups in total. The number of hydrogen-bond acceptors (Lipinski definition) is 7. The quantitative estimate of drug-likeness (QED) is 0.567. The molecule has 1 aliphatic heterocycles. The smallest absolute Gasteiger partial charge is 0.408 e. The second-order valence-electron chi connectivity index (χ2n) is 9.72. The summed E-state index contributed by atoms with van der Waals surface area (Å²) in [6, 6.07) is 8.45. The number of alkyl carbamates (subject to hydrolysis) is 1. The van der Waals surface area contributed by atoms with Gasteiger partial charge in [0.05, 0.1) is 37.3 Å². The van der Waals surface area contributed by atoms with E-state index in [0.717, 1.165) is 5.56 Å². The van der Waals surface area contributed by atoms with E-state index < -0.39 is 35.7 Å². The molecule has 0 spiro atoms. The van der Waals surface area contributed by atoms with E-state index >= 15 is 0 Å². The van der Waals surface area contributed by atoms with Crippen LogP contribution in [0.3, 0.4) is 0 Å². The average molecular weight is 484 g/mol. The third-order valence-corrected chi connectivity index (χ3v) is 5.80. The van der Waals surface area contributed by atoms with Crippen LogP contribution in [0, 0.1) is 5.92 Å². The summed E-state index contributed by atoms with van der Waals surface area (Å²) >= 11 is 0. The van der Waals surface area contributed by atoms with Gasteiger partial charge >= 0.3 is 12.1 Å². The van der Waals surface area contributed by atoms with Crippen molar-refractivity contribution in [1.29, 1.82) is 0 Å². The van der Waals surface area contributed by atoms with E-state index in [2.05, 4.69) is 15.6 Å². The van der Waals surface area contributed by atoms with Crippen LogP contribution < -0.4 is 10.6 Å². The molecule has 0 fully saturated rings. The van der Waals surface area contributed by atoms with E-state index in [9.17, 15) is 19.5 Å². The lowest BCUT2D eigenvalue weighted by molar-refractivity contribution is -0.139. The van der Waals surface area contributed by atoms with E-state index in [1.54, 1.807) is 46.0 Å². The van der Waals surface area contributed by atoms with Gasteiger partial charge in [-0.25, -0.2) is 4.79 Å². The highest BCUT2D eigenvalue weighted by atomic mass is 16.6. The van der Waals surface area contributed by atoms with Gasteiger partial charge in [-0.1, -0.05) is 19.1 Å². The lowest BCUT2D eigenvalue weighted by Gasteiger charge is -2.26. The fraction of sp³-hybridized carbons (Fsp3) is 0.462. The highest BCUT2D eigenvalue weighted by Gasteiger charge is 2.28. The first kappa shape index (κ1) is 26.2. The third kappa shape index (κ3) is 7.02. The molecule has 0 saturated carbocycles. The highest BCUT2D eigenvalue weighted by Crippen LogP contribution is 2.33. The van der Waals surface area contributed by atoms with Gasteiger partial charge in [-0.2, -0.15) is 0 Å². The van der Waals surface area contributed by atoms with Crippen molar-refractivity contribution in [2.24, 2.45) is 5.92 Å². The highest BCUT2D eigenvalue weighted by molar-refractivity contribution is 5.97. The Morgan fingerprint density at radius 1 is 1.20 bits per heavy atom. The number of rotatable bonds is 3. The number of methoxy groups -OCH3 is 1. The summed E-state index contributed by atoms with van der Waals surface area (Å²) in [4.78, 5) is 41.7. The average Bonchev–Trinajstić information content (AvgIpc) is 2.79. The predicted molar refractivity (Wildman–Crippen MR) is 131 cm³/mol. The minimum Gasteiger partial charge on any atom is -0.469 e. The molecule has 1 aromatic heterocycles. The van der Waals surface area contributed by atoms with E-state index in [0.29, 0.717) is 28.9 Å². The van der Waals surface area contributed by atoms with Crippen molar-refractivity contribution < 1.29 is 29.0 Å². The molecular weight excluding hydrogens is 450 g/mol. The van der Waals surface area contributed by atoms with E-state index in [1.807, 2.05) is 18.2 Å². The van der Waals surface area contributed by atoms with E-state index in [4.69, 9.17) is 9.47 Å². The van der Waals surface area contributed by atoms with E-state index in [1.165, 1.54) is 7.11 Å². The second kappa shape index (κ2) is 10.9. The van der Waals surface area contributed by atoms with E-state index in [-0.39, 0.29) is 18.7 Å². The fourth-order valence-corrected chi connectivity index (χ4v) is 3.85. The van der Waals surface area contributed by atoms with Crippen LogP contribution in [-0.2, 0) is 25.5 Å². The molecule has 9 nitrogen and oxygen atoms in total. The molecule has 2 heterocycles. The summed E-state index contributed by atoms with van der Waals surface area (Å²) in [5, 5.41) is 16.5. The molecule has 35 heavy (non-hydrogen) atoms. The summed E-state index contributed by atoms with van der Waals surface area (Å²) in [6.07, 6.45) is 0.779. The largest absolute Gasteiger partial charge is 0.469 e. The number of aliphatic hydroxyl groups is 1. The lowest BCUT2D eigenvalue weighted by Crippen LogP contribution is -2.36. The Labute approximate surface area is 205 Å². The first-order chi connectivity index (χ1) is 16.5. The first-order valence-corrected chi connectivity index (χ1v) is 11.6. The Kier molecular flexibility index (Phi) is 8.11. The van der Waals surface area contributed by atoms with Gasteiger partial charge in [0.15, 0.2) is 0 Å². The Morgan fingerprint density at radius 2 is 1.94 bits per heavy atom. The van der Waals surface area contributed by atoms with Crippen molar-refractivity contribution >= 4 is 23.7 Å². The minimum atomic E-state index is -0.942. The number of pyridine rings is 1. The number of carbonyl (C=O) groups excluding carboxylic acids is 3. The number of amides is 2. The zero-order chi connectivity index (χ0) is 25.8. The number of esters is 1. The standard InChI is InChI=1S/C26H33N3O6/c1-15-22(30)9-8-19(29-25(33)35-26(2,3)4)21-14-17(10-11-27-21)18-7-6-16(13-23(31)34-5)12-20(18)28-24(15)32/h6-7,10-12,14-15,19,22,30H,8-9,13H2,1-5H3,(H,28,32)(H,29,33)/t15-,19+,22?/m1/s1. The Balaban J connectivity index is 2.05. The molecule has 0 aliphatic carbocycles. The van der Waals surface area contributed by atoms with Crippen LogP contribution in [0.4, 0.5) is 10.5 Å². The molecule has 9 heteroatoms. The van der Waals surface area contributed by atoms with Gasteiger partial charge in [-0.05, 0) is 62.9 Å². The van der Waals surface area contributed by atoms with Crippen LogP contribution in [0.25, 0.3) is 11.1 Å². The SMILES string of the molecule is COC(=O)Cc1ccc2c(c1)NC(=O)[C@H](C)C(O)CC[C@H](NC(=O)OC(C)(C)C)c1cc-2ccn1. The summed E-state index contributed by atoms with van der Waals surface area (Å²) in [6.45, 7) is 6.99. The number of carbonyl (C=O) groups is 3. The molecule has 0 saturated heterocycles. The molecule has 3 rings (SSSR count). The summed E-state index contributed by atoms with van der Waals surface area (Å²) < 4.78 is 10.2. The van der Waals surface area contributed by atoms with Crippen LogP contribution in [0.15, 0.2) is 36.5 Å². The van der Waals surface area contributed by atoms with Crippen molar-refractivity contribution in [1.82, 2.24) is 10.3 Å². The molecule has 0 radical (unpaired) electrons. The van der Waals surface area contributed by atoms with Gasteiger partial charge in [0.25, 0.3) is 0 Å². The Bertz CT molecular complexity index is 1090. The maximum Gasteiger partial charge on any atom is 0.408 e. The van der Waals surface area contributed by atoms with Crippen molar-refractivity contribution in [2.75, 3.05) is 12.4 Å². The van der Waals surface area contributed by atoms with Crippen molar-refractivity contribution in [3.63, 3.8) is 0 Å². The zero-order valence-corrected chi connectivity index (χ0v) is 20.8. The van der Waals surface area contributed by atoms with Crippen molar-refractivity contribution in [2.45, 2.75) is 64.7 Å². The van der Waals surface area contributed by atoms with Gasteiger partial charge in [0.2, 0.25) is 5.91 Å². The van der Waals surface area contributed by atoms with Gasteiger partial charge in [-0.15, -0.1) is 0 Å². The van der Waals surface area contributed by atoms with Gasteiger partial charge in [0, 0.05) is 17.4 Å². The van der Waals surface area contributed by atoms with Crippen molar-refractivity contribution in [3.05, 3.63) is 47.8 Å². The number of nitrogens with zero attached hydrogens (tertiary/aromatic N) is 1. The molecule has 1 aromatic carbocycles. The number of aliphatic hydroxyl groups excluding tert-OH is 1. The molecule has 1 aliphatic rings. The van der Waals surface area contributed by atoms with Crippen molar-refractivity contribution in [3.8, 4) is 11.1 Å². The van der Waals surface area contributed by atoms with Crippen LogP contribution >= 0.6 is 0 Å². The number of hydrogen-bond donors (Lipinski definition) is 3. The minimum absolute atomic E-state index is 0.0569. The van der Waals surface area contributed by atoms with Gasteiger partial charge in [0.1, 0.15) is 5.60 Å². The number of aromatic nitrogens is 1. The fourth-order valence-electron chi connectivity index (χ4n) is 3.85. The predicted octanol–water partition coefficient (Wildman–Crippen LogP) is 3.76. The van der Waals surface area contributed by atoms with Crippen LogP contribution in [0.1, 0.15) is 57.8 Å². The number of anilines is 1. The monoisotopic (exact) mass is 483 g/mol. The number of benzene rings is 1. The maximum absolute atomic E-state index is 13.0. The number of nitrogens with one attached hydrogen (secondary N) is 2. The van der Waals surface area contributed by atoms with Gasteiger partial charge in [-0.3, -0.25) is 14.6 Å². The third-order valence-electron chi connectivity index (χ3n) is 5.80. The lowest BCUT2D eigenvalue weighted by atomic mass is 9.93. The summed E-state index contributed by atoms with van der Waals surface area (Å²) in [5.41, 5.74) is 2.61. The Hall–Kier alpha value is -3.46. The molecule has 2 bridgehead atoms. The molecule has 2 amide bonds. The summed E-state index contributed by atoms with van der Waals surface area (Å²) in [7, 11) is 1.32. The molecule has 188 valence electrons. The molecule has 2 aromatic rings. The number of fused-ring (bicyclic) bond motifs is 4. The second-order valence-corrected chi connectivity index (χ2v) is 9.72. The maximum atomic E-state index is 13.0. The van der Waals surface area contributed by atoms with Crippen LogP contribution in [0.2, 0.25) is 0 Å². The van der Waals surface area contributed by atoms with Crippen LogP contribution in [-0.4, -0.2) is 46.9 Å².